The molecule has 1 aromatic rings. The lowest BCUT2D eigenvalue weighted by Crippen LogP contribution is -2.04. The summed E-state index contributed by atoms with van der Waals surface area (Å²) in [5, 5.41) is 0. The van der Waals surface area contributed by atoms with Crippen LogP contribution in [0.2, 0.25) is 0 Å². The van der Waals surface area contributed by atoms with Crippen molar-refractivity contribution < 1.29 is 4.74 Å². The number of rotatable bonds is 1. The van der Waals surface area contributed by atoms with Crippen molar-refractivity contribution in [1.82, 2.24) is 0 Å². The second-order valence-corrected chi connectivity index (χ2v) is 4.18. The summed E-state index contributed by atoms with van der Waals surface area (Å²) in [6, 6.07) is 10.6. The Morgan fingerprint density at radius 2 is 1.77 bits per heavy atom. The van der Waals surface area contributed by atoms with Crippen LogP contribution in [0.15, 0.2) is 30.3 Å². The molecule has 68 valence electrons. The summed E-state index contributed by atoms with van der Waals surface area (Å²) < 4.78 is 5.85. The van der Waals surface area contributed by atoms with Gasteiger partial charge in [-0.3, -0.25) is 0 Å². The van der Waals surface area contributed by atoms with Crippen LogP contribution < -0.4 is 0 Å². The molecule has 13 heavy (non-hydrogen) atoms. The van der Waals surface area contributed by atoms with Crippen molar-refractivity contribution in [3.8, 4) is 0 Å². The molecule has 1 heteroatoms. The van der Waals surface area contributed by atoms with Gasteiger partial charge < -0.3 is 4.74 Å². The summed E-state index contributed by atoms with van der Waals surface area (Å²) in [6.07, 6.45) is 5.66. The third kappa shape index (κ3) is 1.11. The van der Waals surface area contributed by atoms with Gasteiger partial charge in [-0.2, -0.15) is 0 Å². The molecule has 1 nitrogen and oxygen atoms in total. The summed E-state index contributed by atoms with van der Waals surface area (Å²) in [7, 11) is 0. The van der Waals surface area contributed by atoms with Gasteiger partial charge >= 0.3 is 0 Å². The summed E-state index contributed by atoms with van der Waals surface area (Å²) in [5.74, 6) is 0. The predicted molar refractivity (Wildman–Crippen MR) is 51.5 cm³/mol. The molecule has 0 amide bonds. The van der Waals surface area contributed by atoms with Gasteiger partial charge in [0.1, 0.15) is 6.10 Å². The maximum absolute atomic E-state index is 5.85. The van der Waals surface area contributed by atoms with Crippen LogP contribution >= 0.6 is 0 Å². The fourth-order valence-corrected chi connectivity index (χ4v) is 2.55. The largest absolute Gasteiger partial charge is 0.361 e. The monoisotopic (exact) mass is 174 g/mol. The molecule has 0 radical (unpaired) electrons. The first-order valence-electron chi connectivity index (χ1n) is 5.13. The molecule has 1 aliphatic carbocycles. The number of hydrogen-bond donors (Lipinski definition) is 0. The van der Waals surface area contributed by atoms with E-state index in [1.165, 1.54) is 31.2 Å². The van der Waals surface area contributed by atoms with Gasteiger partial charge in [-0.25, -0.2) is 0 Å². The van der Waals surface area contributed by atoms with Crippen molar-refractivity contribution in [2.24, 2.45) is 0 Å². The minimum absolute atomic E-state index is 0.265. The maximum Gasteiger partial charge on any atom is 0.112 e. The van der Waals surface area contributed by atoms with Crippen LogP contribution in [0.25, 0.3) is 0 Å². The zero-order valence-electron chi connectivity index (χ0n) is 7.70. The van der Waals surface area contributed by atoms with E-state index >= 15 is 0 Å². The zero-order valence-corrected chi connectivity index (χ0v) is 7.70. The molecule has 1 atom stereocenters. The summed E-state index contributed by atoms with van der Waals surface area (Å²) in [4.78, 5) is 0. The Balaban J connectivity index is 1.83. The molecule has 1 aliphatic heterocycles. The standard InChI is InChI=1S/C12H14O/c1-2-6-10(7-3-1)11-12(13-11)8-4-5-9-12/h1-3,6-7,11H,4-5,8-9H2/t11-/m0/s1. The average molecular weight is 174 g/mol. The maximum atomic E-state index is 5.85. The molecule has 0 bridgehead atoms. The van der Waals surface area contributed by atoms with Gasteiger partial charge in [0.2, 0.25) is 0 Å². The minimum atomic E-state index is 0.265. The molecule has 0 N–H and O–H groups in total. The zero-order chi connectivity index (χ0) is 8.73. The van der Waals surface area contributed by atoms with Crippen molar-refractivity contribution in [3.63, 3.8) is 0 Å². The Kier molecular flexibility index (Phi) is 1.50. The first kappa shape index (κ1) is 7.57. The lowest BCUT2D eigenvalue weighted by Gasteiger charge is -2.00. The highest BCUT2D eigenvalue weighted by atomic mass is 16.6. The molecule has 1 spiro atoms. The number of benzene rings is 1. The van der Waals surface area contributed by atoms with Gasteiger partial charge in [-0.1, -0.05) is 43.2 Å². The molecular formula is C12H14O. The highest BCUT2D eigenvalue weighted by Crippen LogP contribution is 2.58. The average Bonchev–Trinajstić information content (AvgIpc) is 2.66. The second-order valence-electron chi connectivity index (χ2n) is 4.18. The van der Waals surface area contributed by atoms with E-state index in [9.17, 15) is 0 Å². The van der Waals surface area contributed by atoms with Crippen LogP contribution in [0.4, 0.5) is 0 Å². The Hall–Kier alpha value is -0.820. The smallest absolute Gasteiger partial charge is 0.112 e. The van der Waals surface area contributed by atoms with E-state index in [4.69, 9.17) is 4.74 Å². The third-order valence-electron chi connectivity index (χ3n) is 3.33. The van der Waals surface area contributed by atoms with E-state index in [0.717, 1.165) is 0 Å². The predicted octanol–water partition coefficient (Wildman–Crippen LogP) is 3.07. The lowest BCUT2D eigenvalue weighted by molar-refractivity contribution is 0.297. The van der Waals surface area contributed by atoms with Crippen LogP contribution in [-0.4, -0.2) is 5.60 Å². The normalized spacial score (nSPS) is 29.4. The quantitative estimate of drug-likeness (QED) is 0.596. The van der Waals surface area contributed by atoms with Crippen LogP contribution in [0.1, 0.15) is 37.4 Å². The fourth-order valence-electron chi connectivity index (χ4n) is 2.55. The molecule has 1 saturated heterocycles. The molecule has 2 aliphatic rings. The number of hydrogen-bond acceptors (Lipinski definition) is 1. The molecule has 1 heterocycles. The van der Waals surface area contributed by atoms with Crippen LogP contribution in [0.5, 0.6) is 0 Å². The Morgan fingerprint density at radius 3 is 2.46 bits per heavy atom. The van der Waals surface area contributed by atoms with Crippen molar-refractivity contribution in [3.05, 3.63) is 35.9 Å². The Labute approximate surface area is 78.7 Å². The van der Waals surface area contributed by atoms with Gasteiger partial charge in [-0.05, 0) is 18.4 Å². The molecule has 1 aromatic carbocycles. The van der Waals surface area contributed by atoms with Gasteiger partial charge in [0.05, 0.1) is 5.60 Å². The van der Waals surface area contributed by atoms with E-state index in [1.54, 1.807) is 0 Å². The second kappa shape index (κ2) is 2.58. The number of ether oxygens (including phenoxy) is 1. The highest BCUT2D eigenvalue weighted by Gasteiger charge is 2.57. The van der Waals surface area contributed by atoms with Crippen LogP contribution in [0, 0.1) is 0 Å². The van der Waals surface area contributed by atoms with E-state index in [1.807, 2.05) is 0 Å². The summed E-state index contributed by atoms with van der Waals surface area (Å²) in [6.45, 7) is 0. The van der Waals surface area contributed by atoms with Gasteiger partial charge in [-0.15, -0.1) is 0 Å². The lowest BCUT2D eigenvalue weighted by atomic mass is 9.98. The van der Waals surface area contributed by atoms with E-state index < -0.39 is 0 Å². The Bertz CT molecular complexity index is 298. The first-order valence-corrected chi connectivity index (χ1v) is 5.13. The van der Waals surface area contributed by atoms with Crippen LogP contribution in [-0.2, 0) is 4.74 Å². The van der Waals surface area contributed by atoms with Crippen LogP contribution in [0.3, 0.4) is 0 Å². The van der Waals surface area contributed by atoms with E-state index in [2.05, 4.69) is 30.3 Å². The molecule has 1 saturated carbocycles. The van der Waals surface area contributed by atoms with Crippen molar-refractivity contribution in [1.29, 1.82) is 0 Å². The highest BCUT2D eigenvalue weighted by molar-refractivity contribution is 5.26. The summed E-state index contributed by atoms with van der Waals surface area (Å²) in [5.41, 5.74) is 1.63. The molecular weight excluding hydrogens is 160 g/mol. The van der Waals surface area contributed by atoms with E-state index in [0.29, 0.717) is 6.10 Å². The summed E-state index contributed by atoms with van der Waals surface area (Å²) >= 11 is 0. The van der Waals surface area contributed by atoms with Crippen molar-refractivity contribution in [2.75, 3.05) is 0 Å². The van der Waals surface area contributed by atoms with E-state index in [-0.39, 0.29) is 5.60 Å². The topological polar surface area (TPSA) is 12.5 Å². The van der Waals surface area contributed by atoms with Crippen molar-refractivity contribution >= 4 is 0 Å². The molecule has 2 fully saturated rings. The minimum Gasteiger partial charge on any atom is -0.361 e. The SMILES string of the molecule is c1ccc([C@@H]2OC23CCCC3)cc1. The first-order chi connectivity index (χ1) is 6.41. The fraction of sp³-hybridized carbons (Fsp3) is 0.500. The molecule has 0 aromatic heterocycles. The van der Waals surface area contributed by atoms with Gasteiger partial charge in [0.15, 0.2) is 0 Å². The third-order valence-corrected chi connectivity index (χ3v) is 3.33. The Morgan fingerprint density at radius 1 is 1.08 bits per heavy atom. The molecule has 0 unspecified atom stereocenters. The van der Waals surface area contributed by atoms with Crippen molar-refractivity contribution in [2.45, 2.75) is 37.4 Å². The number of epoxide rings is 1. The van der Waals surface area contributed by atoms with Gasteiger partial charge in [0, 0.05) is 0 Å². The van der Waals surface area contributed by atoms with Gasteiger partial charge in [0.25, 0.3) is 0 Å². The molecule has 3 rings (SSSR count).